The molecular weight excluding hydrogens is 296 g/mol. The molecule has 1 fully saturated rings. The second-order valence-electron chi connectivity index (χ2n) is 5.82. The molecule has 0 bridgehead atoms. The van der Waals surface area contributed by atoms with Gasteiger partial charge in [-0.2, -0.15) is 11.8 Å². The highest BCUT2D eigenvalue weighted by atomic mass is 32.2. The van der Waals surface area contributed by atoms with Gasteiger partial charge in [0.15, 0.2) is 0 Å². The van der Waals surface area contributed by atoms with E-state index in [0.29, 0.717) is 0 Å². The average molecular weight is 322 g/mol. The topological polar surface area (TPSA) is 64.3 Å². The first kappa shape index (κ1) is 17.3. The Morgan fingerprint density at radius 1 is 1.41 bits per heavy atom. The van der Waals surface area contributed by atoms with E-state index in [2.05, 4.69) is 11.4 Å². The summed E-state index contributed by atoms with van der Waals surface area (Å²) in [5.74, 6) is 0.789. The summed E-state index contributed by atoms with van der Waals surface area (Å²) >= 11 is 2.04. The van der Waals surface area contributed by atoms with Crippen LogP contribution in [0.5, 0.6) is 0 Å². The van der Waals surface area contributed by atoms with E-state index in [1.165, 1.54) is 44.8 Å². The lowest BCUT2D eigenvalue weighted by molar-refractivity contribution is -0.118. The van der Waals surface area contributed by atoms with Crippen LogP contribution in [-0.2, 0) is 15.3 Å². The number of benzene rings is 1. The fourth-order valence-corrected chi connectivity index (χ4v) is 3.95. The lowest BCUT2D eigenvalue weighted by Crippen LogP contribution is -2.39. The van der Waals surface area contributed by atoms with Crippen molar-refractivity contribution in [1.29, 1.82) is 0 Å². The quantitative estimate of drug-likeness (QED) is 0.809. The number of nitrogens with two attached hydrogens (primary N) is 1. The van der Waals surface area contributed by atoms with Crippen LogP contribution >= 0.6 is 11.8 Å². The second-order valence-corrected chi connectivity index (χ2v) is 7.11. The minimum absolute atomic E-state index is 0.209. The molecule has 122 valence electrons. The zero-order valence-corrected chi connectivity index (χ0v) is 14.0. The van der Waals surface area contributed by atoms with Crippen LogP contribution in [0.2, 0.25) is 0 Å². The van der Waals surface area contributed by atoms with E-state index in [-0.39, 0.29) is 12.5 Å². The number of methoxy groups -OCH3 is 1. The predicted molar refractivity (Wildman–Crippen MR) is 93.1 cm³/mol. The Kier molecular flexibility index (Phi) is 7.22. The highest BCUT2D eigenvalue weighted by molar-refractivity contribution is 7.99. The molecule has 5 heteroatoms. The van der Waals surface area contributed by atoms with E-state index in [0.717, 1.165) is 16.7 Å². The van der Waals surface area contributed by atoms with Crippen molar-refractivity contribution in [3.05, 3.63) is 29.8 Å². The van der Waals surface area contributed by atoms with Crippen LogP contribution in [0.25, 0.3) is 0 Å². The molecular formula is C17H26N2O2S. The fraction of sp³-hybridized carbons (Fsp3) is 0.588. The molecule has 0 heterocycles. The van der Waals surface area contributed by atoms with Gasteiger partial charge in [-0.3, -0.25) is 4.79 Å². The molecule has 1 aromatic rings. The molecule has 22 heavy (non-hydrogen) atoms. The normalized spacial score (nSPS) is 17.2. The summed E-state index contributed by atoms with van der Waals surface area (Å²) in [7, 11) is 1.54. The first-order chi connectivity index (χ1) is 10.7. The van der Waals surface area contributed by atoms with Gasteiger partial charge in [-0.05, 0) is 30.5 Å². The molecule has 3 N–H and O–H groups in total. The number of anilines is 1. The summed E-state index contributed by atoms with van der Waals surface area (Å²) in [4.78, 5) is 11.9. The van der Waals surface area contributed by atoms with Gasteiger partial charge >= 0.3 is 0 Å². The third-order valence-electron chi connectivity index (χ3n) is 3.92. The third kappa shape index (κ3) is 5.63. The zero-order valence-electron chi connectivity index (χ0n) is 13.2. The molecule has 0 spiro atoms. The molecule has 1 aromatic carbocycles. The summed E-state index contributed by atoms with van der Waals surface area (Å²) in [6.07, 6.45) is 6.80. The number of hydrogen-bond donors (Lipinski definition) is 2. The van der Waals surface area contributed by atoms with Crippen LogP contribution in [0.1, 0.15) is 37.7 Å². The Bertz CT molecular complexity index is 475. The summed E-state index contributed by atoms with van der Waals surface area (Å²) in [6.45, 7) is 0.225. The van der Waals surface area contributed by atoms with E-state index in [4.69, 9.17) is 10.5 Å². The molecule has 1 amide bonds. The standard InChI is InChI=1S/C17H26N2O2S/c1-21-11-16(18)17(20)19-14-7-5-6-13(10-14)12-22-15-8-3-2-4-9-15/h5-7,10,15-16H,2-4,8-9,11-12,18H2,1H3,(H,19,20). The van der Waals surface area contributed by atoms with Crippen LogP contribution in [0.3, 0.4) is 0 Å². The SMILES string of the molecule is COCC(N)C(=O)Nc1cccc(CSC2CCCCC2)c1. The summed E-state index contributed by atoms with van der Waals surface area (Å²) in [5, 5.41) is 3.65. The van der Waals surface area contributed by atoms with E-state index in [1.807, 2.05) is 30.0 Å². The Balaban J connectivity index is 1.85. The van der Waals surface area contributed by atoms with Gasteiger partial charge in [-0.1, -0.05) is 31.4 Å². The van der Waals surface area contributed by atoms with Crippen LogP contribution in [0.4, 0.5) is 5.69 Å². The van der Waals surface area contributed by atoms with E-state index >= 15 is 0 Å². The maximum absolute atomic E-state index is 11.9. The number of thioether (sulfide) groups is 1. The van der Waals surface area contributed by atoms with Crippen LogP contribution < -0.4 is 11.1 Å². The van der Waals surface area contributed by atoms with Crippen molar-refractivity contribution in [3.8, 4) is 0 Å². The second kappa shape index (κ2) is 9.18. The molecule has 4 nitrogen and oxygen atoms in total. The first-order valence-electron chi connectivity index (χ1n) is 7.95. The monoisotopic (exact) mass is 322 g/mol. The van der Waals surface area contributed by atoms with Crippen molar-refractivity contribution >= 4 is 23.4 Å². The lowest BCUT2D eigenvalue weighted by atomic mass is 10.0. The van der Waals surface area contributed by atoms with Gasteiger partial charge in [-0.15, -0.1) is 0 Å². The number of hydrogen-bond acceptors (Lipinski definition) is 4. The number of rotatable bonds is 7. The van der Waals surface area contributed by atoms with Gasteiger partial charge in [-0.25, -0.2) is 0 Å². The van der Waals surface area contributed by atoms with Gasteiger partial charge in [0, 0.05) is 23.8 Å². The molecule has 1 saturated carbocycles. The molecule has 0 aromatic heterocycles. The highest BCUT2D eigenvalue weighted by Crippen LogP contribution is 2.30. The lowest BCUT2D eigenvalue weighted by Gasteiger charge is -2.21. The molecule has 0 aliphatic heterocycles. The van der Waals surface area contributed by atoms with Crippen molar-refractivity contribution < 1.29 is 9.53 Å². The summed E-state index contributed by atoms with van der Waals surface area (Å²) < 4.78 is 4.90. The predicted octanol–water partition coefficient (Wildman–Crippen LogP) is 3.16. The summed E-state index contributed by atoms with van der Waals surface area (Å²) in [6, 6.07) is 7.39. The maximum atomic E-state index is 11.9. The maximum Gasteiger partial charge on any atom is 0.243 e. The first-order valence-corrected chi connectivity index (χ1v) is 9.00. The van der Waals surface area contributed by atoms with Crippen LogP contribution in [-0.4, -0.2) is 30.9 Å². The minimum atomic E-state index is -0.634. The summed E-state index contributed by atoms with van der Waals surface area (Å²) in [5.41, 5.74) is 7.78. The van der Waals surface area contributed by atoms with E-state index in [1.54, 1.807) is 0 Å². The molecule has 1 aliphatic carbocycles. The largest absolute Gasteiger partial charge is 0.383 e. The number of carbonyl (C=O) groups is 1. The number of amides is 1. The number of ether oxygens (including phenoxy) is 1. The van der Waals surface area contributed by atoms with Gasteiger partial charge in [0.2, 0.25) is 5.91 Å². The Hall–Kier alpha value is -1.04. The minimum Gasteiger partial charge on any atom is -0.383 e. The molecule has 1 atom stereocenters. The molecule has 0 radical (unpaired) electrons. The van der Waals surface area contributed by atoms with Gasteiger partial charge < -0.3 is 15.8 Å². The smallest absolute Gasteiger partial charge is 0.243 e. The van der Waals surface area contributed by atoms with E-state index in [9.17, 15) is 4.79 Å². The van der Waals surface area contributed by atoms with Crippen molar-refractivity contribution in [2.75, 3.05) is 19.0 Å². The highest BCUT2D eigenvalue weighted by Gasteiger charge is 2.15. The van der Waals surface area contributed by atoms with E-state index < -0.39 is 6.04 Å². The van der Waals surface area contributed by atoms with Crippen molar-refractivity contribution in [2.24, 2.45) is 5.73 Å². The zero-order chi connectivity index (χ0) is 15.8. The Morgan fingerprint density at radius 3 is 2.91 bits per heavy atom. The molecule has 2 rings (SSSR count). The van der Waals surface area contributed by atoms with Crippen molar-refractivity contribution in [1.82, 2.24) is 0 Å². The number of nitrogens with one attached hydrogen (secondary N) is 1. The Labute approximate surface area is 137 Å². The Morgan fingerprint density at radius 2 is 2.18 bits per heavy atom. The van der Waals surface area contributed by atoms with Gasteiger partial charge in [0.05, 0.1) is 6.61 Å². The van der Waals surface area contributed by atoms with Gasteiger partial charge in [0.25, 0.3) is 0 Å². The third-order valence-corrected chi connectivity index (χ3v) is 5.36. The fourth-order valence-electron chi connectivity index (χ4n) is 2.67. The van der Waals surface area contributed by atoms with Gasteiger partial charge in [0.1, 0.15) is 6.04 Å². The number of carbonyl (C=O) groups excluding carboxylic acids is 1. The molecule has 1 aliphatic rings. The molecule has 1 unspecified atom stereocenters. The average Bonchev–Trinajstić information content (AvgIpc) is 2.54. The van der Waals surface area contributed by atoms with Crippen LogP contribution in [0.15, 0.2) is 24.3 Å². The van der Waals surface area contributed by atoms with Crippen LogP contribution in [0, 0.1) is 0 Å². The van der Waals surface area contributed by atoms with Crippen molar-refractivity contribution in [2.45, 2.75) is 49.1 Å². The van der Waals surface area contributed by atoms with Crippen molar-refractivity contribution in [3.63, 3.8) is 0 Å². The molecule has 0 saturated heterocycles.